The van der Waals surface area contributed by atoms with Gasteiger partial charge in [0.1, 0.15) is 11.9 Å². The largest absolute Gasteiger partial charge is 0.366 e. The normalized spacial score (nSPS) is 22.2. The number of carbonyl (C=O) groups is 1. The van der Waals surface area contributed by atoms with Crippen molar-refractivity contribution in [3.8, 4) is 6.07 Å². The Labute approximate surface area is 145 Å². The van der Waals surface area contributed by atoms with Gasteiger partial charge >= 0.3 is 0 Å². The first-order chi connectivity index (χ1) is 11.7. The van der Waals surface area contributed by atoms with Gasteiger partial charge in [-0.1, -0.05) is 6.07 Å². The molecule has 24 heavy (non-hydrogen) atoms. The summed E-state index contributed by atoms with van der Waals surface area (Å²) >= 11 is 1.86. The molecule has 1 atom stereocenters. The first kappa shape index (κ1) is 17.2. The van der Waals surface area contributed by atoms with Crippen molar-refractivity contribution >= 4 is 17.7 Å². The molecule has 0 aromatic heterocycles. The number of rotatable bonds is 3. The summed E-state index contributed by atoms with van der Waals surface area (Å²) in [7, 11) is 0. The monoisotopic (exact) mass is 349 g/mol. The molecule has 7 heteroatoms. The highest BCUT2D eigenvalue weighted by Crippen LogP contribution is 2.17. The van der Waals surface area contributed by atoms with Gasteiger partial charge < -0.3 is 9.64 Å². The predicted molar refractivity (Wildman–Crippen MR) is 90.0 cm³/mol. The van der Waals surface area contributed by atoms with Crippen molar-refractivity contribution in [2.24, 2.45) is 0 Å². The van der Waals surface area contributed by atoms with Crippen LogP contribution < -0.4 is 0 Å². The average Bonchev–Trinajstić information content (AvgIpc) is 2.63. The Morgan fingerprint density at radius 1 is 1.38 bits per heavy atom. The molecule has 128 valence electrons. The number of nitriles is 1. The Morgan fingerprint density at radius 3 is 2.88 bits per heavy atom. The van der Waals surface area contributed by atoms with Crippen LogP contribution in [0.4, 0.5) is 4.39 Å². The van der Waals surface area contributed by atoms with Crippen molar-refractivity contribution in [3.05, 3.63) is 35.1 Å². The molecule has 2 aliphatic heterocycles. The number of thioether (sulfide) groups is 1. The van der Waals surface area contributed by atoms with Crippen molar-refractivity contribution in [1.82, 2.24) is 9.80 Å². The van der Waals surface area contributed by atoms with E-state index in [1.165, 1.54) is 6.07 Å². The lowest BCUT2D eigenvalue weighted by Gasteiger charge is -2.36. The van der Waals surface area contributed by atoms with E-state index in [0.717, 1.165) is 24.6 Å². The van der Waals surface area contributed by atoms with Crippen molar-refractivity contribution in [1.29, 1.82) is 5.26 Å². The van der Waals surface area contributed by atoms with Crippen LogP contribution >= 0.6 is 11.8 Å². The number of carbonyl (C=O) groups excluding carboxylic acids is 1. The van der Waals surface area contributed by atoms with E-state index in [1.54, 1.807) is 12.1 Å². The Bertz CT molecular complexity index is 643. The smallest absolute Gasteiger partial charge is 0.253 e. The lowest BCUT2D eigenvalue weighted by molar-refractivity contribution is -0.149. The third-order valence-corrected chi connectivity index (χ3v) is 5.27. The zero-order chi connectivity index (χ0) is 16.9. The van der Waals surface area contributed by atoms with Crippen LogP contribution in [0.1, 0.15) is 11.1 Å². The van der Waals surface area contributed by atoms with Crippen LogP contribution in [-0.4, -0.2) is 66.1 Å². The summed E-state index contributed by atoms with van der Waals surface area (Å²) in [6, 6.07) is 6.44. The molecular weight excluding hydrogens is 329 g/mol. The lowest BCUT2D eigenvalue weighted by Crippen LogP contribution is -2.52. The maximum absolute atomic E-state index is 14.1. The molecule has 1 aromatic carbocycles. The highest BCUT2D eigenvalue weighted by atomic mass is 32.2. The van der Waals surface area contributed by atoms with Crippen molar-refractivity contribution in [3.63, 3.8) is 0 Å². The van der Waals surface area contributed by atoms with Gasteiger partial charge in [0.05, 0.1) is 18.2 Å². The molecule has 1 aromatic rings. The van der Waals surface area contributed by atoms with E-state index in [1.807, 2.05) is 27.6 Å². The molecule has 0 saturated carbocycles. The summed E-state index contributed by atoms with van der Waals surface area (Å²) < 4.78 is 19.7. The quantitative estimate of drug-likeness (QED) is 0.827. The van der Waals surface area contributed by atoms with Gasteiger partial charge in [-0.3, -0.25) is 9.69 Å². The fourth-order valence-electron chi connectivity index (χ4n) is 2.97. The standard InChI is InChI=1S/C17H20FN3O2S/c18-15-9-13(10-19)1-2-14(15)11-20-3-6-23-16(12-20)17(22)21-4-7-24-8-5-21/h1-2,9,16H,3-8,11-12H2. The van der Waals surface area contributed by atoms with Crippen LogP contribution in [0, 0.1) is 17.1 Å². The van der Waals surface area contributed by atoms with E-state index in [0.29, 0.717) is 37.4 Å². The maximum Gasteiger partial charge on any atom is 0.253 e. The van der Waals surface area contributed by atoms with Gasteiger partial charge in [-0.05, 0) is 12.1 Å². The van der Waals surface area contributed by atoms with Crippen molar-refractivity contribution < 1.29 is 13.9 Å². The number of morpholine rings is 1. The van der Waals surface area contributed by atoms with E-state index >= 15 is 0 Å². The van der Waals surface area contributed by atoms with Crippen LogP contribution in [-0.2, 0) is 16.1 Å². The molecule has 0 N–H and O–H groups in total. The van der Waals surface area contributed by atoms with E-state index in [4.69, 9.17) is 10.00 Å². The minimum atomic E-state index is -0.469. The zero-order valence-corrected chi connectivity index (χ0v) is 14.2. The first-order valence-corrected chi connectivity index (χ1v) is 9.22. The molecular formula is C17H20FN3O2S. The van der Waals surface area contributed by atoms with Crippen LogP contribution in [0.5, 0.6) is 0 Å². The van der Waals surface area contributed by atoms with Crippen LogP contribution in [0.3, 0.4) is 0 Å². The molecule has 2 aliphatic rings. The fourth-order valence-corrected chi connectivity index (χ4v) is 3.87. The van der Waals surface area contributed by atoms with Gasteiger partial charge in [0, 0.05) is 49.8 Å². The molecule has 5 nitrogen and oxygen atoms in total. The molecule has 2 heterocycles. The van der Waals surface area contributed by atoms with Crippen LogP contribution in [0.15, 0.2) is 18.2 Å². The molecule has 0 radical (unpaired) electrons. The van der Waals surface area contributed by atoms with Gasteiger partial charge in [0.15, 0.2) is 0 Å². The molecule has 2 fully saturated rings. The van der Waals surface area contributed by atoms with Crippen LogP contribution in [0.25, 0.3) is 0 Å². The second kappa shape index (κ2) is 7.97. The number of hydrogen-bond acceptors (Lipinski definition) is 5. The minimum Gasteiger partial charge on any atom is -0.366 e. The summed E-state index contributed by atoms with van der Waals surface area (Å²) in [6.07, 6.45) is -0.469. The summed E-state index contributed by atoms with van der Waals surface area (Å²) in [5, 5.41) is 8.81. The first-order valence-electron chi connectivity index (χ1n) is 8.06. The van der Waals surface area contributed by atoms with Gasteiger partial charge in [-0.25, -0.2) is 4.39 Å². The Morgan fingerprint density at radius 2 is 2.17 bits per heavy atom. The average molecular weight is 349 g/mol. The molecule has 0 aliphatic carbocycles. The Balaban J connectivity index is 1.61. The van der Waals surface area contributed by atoms with E-state index in [-0.39, 0.29) is 11.7 Å². The summed E-state index contributed by atoms with van der Waals surface area (Å²) in [5.74, 6) is 1.61. The van der Waals surface area contributed by atoms with Crippen LogP contribution in [0.2, 0.25) is 0 Å². The van der Waals surface area contributed by atoms with E-state index in [2.05, 4.69) is 0 Å². The van der Waals surface area contributed by atoms with Gasteiger partial charge in [0.2, 0.25) is 0 Å². The van der Waals surface area contributed by atoms with E-state index < -0.39 is 6.10 Å². The fraction of sp³-hybridized carbons (Fsp3) is 0.529. The summed E-state index contributed by atoms with van der Waals surface area (Å²) in [4.78, 5) is 16.5. The zero-order valence-electron chi connectivity index (χ0n) is 13.4. The molecule has 2 saturated heterocycles. The second-order valence-corrected chi connectivity index (χ2v) is 7.17. The summed E-state index contributed by atoms with van der Waals surface area (Å²) in [6.45, 7) is 3.57. The lowest BCUT2D eigenvalue weighted by atomic mass is 10.1. The maximum atomic E-state index is 14.1. The highest BCUT2D eigenvalue weighted by molar-refractivity contribution is 7.99. The number of halogens is 1. The van der Waals surface area contributed by atoms with Crippen molar-refractivity contribution in [2.75, 3.05) is 44.3 Å². The SMILES string of the molecule is N#Cc1ccc(CN2CCOC(C(=O)N3CCSCC3)C2)c(F)c1. The molecule has 0 bridgehead atoms. The van der Waals surface area contributed by atoms with Gasteiger partial charge in [-0.15, -0.1) is 0 Å². The molecule has 3 rings (SSSR count). The third kappa shape index (κ3) is 4.07. The number of ether oxygens (including phenoxy) is 1. The number of hydrogen-bond donors (Lipinski definition) is 0. The predicted octanol–water partition coefficient (Wildman–Crippen LogP) is 1.47. The molecule has 0 spiro atoms. The van der Waals surface area contributed by atoms with Gasteiger partial charge in [0.25, 0.3) is 5.91 Å². The van der Waals surface area contributed by atoms with E-state index in [9.17, 15) is 9.18 Å². The number of nitrogens with zero attached hydrogens (tertiary/aromatic N) is 3. The Kier molecular flexibility index (Phi) is 5.72. The molecule has 1 unspecified atom stereocenters. The molecule has 1 amide bonds. The second-order valence-electron chi connectivity index (χ2n) is 5.95. The highest BCUT2D eigenvalue weighted by Gasteiger charge is 2.31. The number of benzene rings is 1. The third-order valence-electron chi connectivity index (χ3n) is 4.32. The topological polar surface area (TPSA) is 56.6 Å². The summed E-state index contributed by atoms with van der Waals surface area (Å²) in [5.41, 5.74) is 0.853. The Hall–Kier alpha value is -1.62. The van der Waals surface area contributed by atoms with Gasteiger partial charge in [-0.2, -0.15) is 17.0 Å². The number of amides is 1. The minimum absolute atomic E-state index is 0.0419. The van der Waals surface area contributed by atoms with Crippen molar-refractivity contribution in [2.45, 2.75) is 12.6 Å².